The van der Waals surface area contributed by atoms with Crippen LogP contribution < -0.4 is 9.47 Å². The van der Waals surface area contributed by atoms with Crippen molar-refractivity contribution >= 4 is 27.7 Å². The van der Waals surface area contributed by atoms with Gasteiger partial charge in [0.1, 0.15) is 11.1 Å². The predicted molar refractivity (Wildman–Crippen MR) is 133 cm³/mol. The molecule has 0 saturated carbocycles. The summed E-state index contributed by atoms with van der Waals surface area (Å²) in [6.45, 7) is 10.4. The first-order valence-electron chi connectivity index (χ1n) is 10.6. The van der Waals surface area contributed by atoms with E-state index in [4.69, 9.17) is 9.47 Å². The van der Waals surface area contributed by atoms with Gasteiger partial charge in [0.15, 0.2) is 16.7 Å². The summed E-state index contributed by atoms with van der Waals surface area (Å²) in [4.78, 5) is 11.3. The van der Waals surface area contributed by atoms with E-state index >= 15 is 0 Å². The molecule has 0 aliphatic carbocycles. The predicted octanol–water partition coefficient (Wildman–Crippen LogP) is 5.86. The van der Waals surface area contributed by atoms with E-state index in [1.807, 2.05) is 50.5 Å². The zero-order valence-electron chi connectivity index (χ0n) is 19.3. The lowest BCUT2D eigenvalue weighted by Gasteiger charge is -2.19. The Hall–Kier alpha value is -2.59. The van der Waals surface area contributed by atoms with Crippen LogP contribution in [-0.2, 0) is 0 Å². The van der Waals surface area contributed by atoms with Crippen molar-refractivity contribution in [2.45, 2.75) is 45.0 Å². The van der Waals surface area contributed by atoms with Gasteiger partial charge in [-0.05, 0) is 75.6 Å². The summed E-state index contributed by atoms with van der Waals surface area (Å²) >= 11 is 4.88. The number of ether oxygens (including phenoxy) is 2. The van der Waals surface area contributed by atoms with Gasteiger partial charge in [-0.3, -0.25) is 14.7 Å². The highest BCUT2D eigenvalue weighted by Crippen LogP contribution is 2.43. The molecule has 0 amide bonds. The van der Waals surface area contributed by atoms with Gasteiger partial charge in [-0.15, -0.1) is 10.2 Å². The Kier molecular flexibility index (Phi) is 8.36. The van der Waals surface area contributed by atoms with E-state index in [0.717, 1.165) is 16.8 Å². The van der Waals surface area contributed by atoms with E-state index in [9.17, 15) is 10.1 Å². The highest BCUT2D eigenvalue weighted by atomic mass is 79.9. The Morgan fingerprint density at radius 2 is 1.73 bits per heavy atom. The maximum atomic E-state index is 11.6. The number of hydrogen-bond acceptors (Lipinski definition) is 7. The maximum absolute atomic E-state index is 11.6. The van der Waals surface area contributed by atoms with Gasteiger partial charge >= 0.3 is 0 Å². The van der Waals surface area contributed by atoms with E-state index < -0.39 is 5.25 Å². The topological polar surface area (TPSA) is 92.3 Å². The van der Waals surface area contributed by atoms with E-state index in [1.54, 1.807) is 6.07 Å². The number of halogens is 1. The van der Waals surface area contributed by atoms with Crippen LogP contribution in [0.1, 0.15) is 41.6 Å². The molecule has 1 heterocycles. The quantitative estimate of drug-likeness (QED) is 0.182. The van der Waals surface area contributed by atoms with Gasteiger partial charge < -0.3 is 9.47 Å². The van der Waals surface area contributed by atoms with Gasteiger partial charge in [-0.1, -0.05) is 33.8 Å². The van der Waals surface area contributed by atoms with Crippen LogP contribution in [0.4, 0.5) is 0 Å². The van der Waals surface area contributed by atoms with Crippen LogP contribution in [0.5, 0.6) is 11.5 Å². The molecule has 0 aliphatic rings. The Bertz CT molecular complexity index is 1150. The molecule has 176 valence electrons. The molecule has 2 aromatic carbocycles. The number of benzene rings is 2. The van der Waals surface area contributed by atoms with Gasteiger partial charge in [0, 0.05) is 15.1 Å². The molecule has 0 saturated heterocycles. The molecule has 0 spiro atoms. The van der Waals surface area contributed by atoms with Crippen molar-refractivity contribution in [3.63, 3.8) is 0 Å². The molecule has 1 atom stereocenters. The zero-order valence-corrected chi connectivity index (χ0v) is 21.7. The molecular weight excluding hydrogens is 508 g/mol. The van der Waals surface area contributed by atoms with Crippen molar-refractivity contribution < 1.29 is 14.4 Å². The highest BCUT2D eigenvalue weighted by molar-refractivity contribution is 9.10. The molecule has 10 heteroatoms. The molecule has 0 radical (unpaired) electrons. The lowest BCUT2D eigenvalue weighted by Crippen LogP contribution is -2.12. The van der Waals surface area contributed by atoms with Gasteiger partial charge in [0.2, 0.25) is 6.54 Å². The number of thioether (sulfide) groups is 1. The molecule has 8 nitrogen and oxygen atoms in total. The Morgan fingerprint density at radius 3 is 2.33 bits per heavy atom. The molecule has 0 bridgehead atoms. The third-order valence-corrected chi connectivity index (χ3v) is 6.97. The van der Waals surface area contributed by atoms with Crippen molar-refractivity contribution in [2.75, 3.05) is 19.8 Å². The van der Waals surface area contributed by atoms with Crippen LogP contribution in [0.25, 0.3) is 5.69 Å². The van der Waals surface area contributed by atoms with E-state index in [0.29, 0.717) is 40.2 Å². The molecule has 1 aromatic heterocycles. The van der Waals surface area contributed by atoms with Crippen molar-refractivity contribution in [2.24, 2.45) is 0 Å². The molecule has 0 aliphatic heterocycles. The Balaban J connectivity index is 2.05. The van der Waals surface area contributed by atoms with Crippen LogP contribution in [0.15, 0.2) is 40.0 Å². The first-order valence-corrected chi connectivity index (χ1v) is 12.3. The van der Waals surface area contributed by atoms with Crippen LogP contribution in [0, 0.1) is 30.9 Å². The monoisotopic (exact) mass is 534 g/mol. The molecule has 3 aromatic rings. The fourth-order valence-electron chi connectivity index (χ4n) is 3.38. The Labute approximate surface area is 206 Å². The van der Waals surface area contributed by atoms with Gasteiger partial charge in [-0.2, -0.15) is 0 Å². The van der Waals surface area contributed by atoms with Crippen molar-refractivity contribution in [1.29, 1.82) is 0 Å². The first kappa shape index (κ1) is 25.0. The summed E-state index contributed by atoms with van der Waals surface area (Å²) in [5, 5.41) is 20.2. The van der Waals surface area contributed by atoms with Crippen LogP contribution in [-0.4, -0.2) is 39.4 Å². The maximum Gasteiger partial charge on any atom is 0.220 e. The second kappa shape index (κ2) is 11.0. The molecule has 3 rings (SSSR count). The van der Waals surface area contributed by atoms with Gasteiger partial charge in [-0.25, -0.2) is 0 Å². The standard InChI is InChI=1S/C23H27BrN4O4S/c1-6-31-20-11-18(19(24)12-21(20)32-7-2)22(13-27(29)30)33-23-26-25-16(5)28(23)17-9-8-14(3)15(4)10-17/h8-12,22H,6-7,13H2,1-5H3/t22-/m1/s1. The molecule has 0 N–H and O–H groups in total. The number of nitro groups is 1. The van der Waals surface area contributed by atoms with E-state index in [-0.39, 0.29) is 11.5 Å². The van der Waals surface area contributed by atoms with E-state index in [1.165, 1.54) is 17.3 Å². The first-order chi connectivity index (χ1) is 15.7. The summed E-state index contributed by atoms with van der Waals surface area (Å²) in [6.07, 6.45) is 0. The molecule has 33 heavy (non-hydrogen) atoms. The minimum atomic E-state index is -0.529. The van der Waals surface area contributed by atoms with Crippen molar-refractivity contribution in [1.82, 2.24) is 14.8 Å². The average Bonchev–Trinajstić information content (AvgIpc) is 3.11. The van der Waals surface area contributed by atoms with Crippen LogP contribution in [0.2, 0.25) is 0 Å². The van der Waals surface area contributed by atoms with Gasteiger partial charge in [0.25, 0.3) is 0 Å². The number of rotatable bonds is 10. The largest absolute Gasteiger partial charge is 0.490 e. The normalized spacial score (nSPS) is 11.9. The molecule has 0 fully saturated rings. The lowest BCUT2D eigenvalue weighted by molar-refractivity contribution is -0.479. The lowest BCUT2D eigenvalue weighted by atomic mass is 10.1. The minimum Gasteiger partial charge on any atom is -0.490 e. The fraction of sp³-hybridized carbons (Fsp3) is 0.391. The van der Waals surface area contributed by atoms with E-state index in [2.05, 4.69) is 39.1 Å². The van der Waals surface area contributed by atoms with Crippen molar-refractivity contribution in [3.8, 4) is 17.2 Å². The zero-order chi connectivity index (χ0) is 24.1. The summed E-state index contributed by atoms with van der Waals surface area (Å²) in [5.41, 5.74) is 3.99. The summed E-state index contributed by atoms with van der Waals surface area (Å²) in [5.74, 6) is 1.86. The Morgan fingerprint density at radius 1 is 1.06 bits per heavy atom. The van der Waals surface area contributed by atoms with Crippen LogP contribution >= 0.6 is 27.7 Å². The number of aryl methyl sites for hydroxylation is 3. The van der Waals surface area contributed by atoms with Gasteiger partial charge in [0.05, 0.1) is 13.2 Å². The third kappa shape index (κ3) is 5.86. The minimum absolute atomic E-state index is 0.290. The molecule has 0 unspecified atom stereocenters. The fourth-order valence-corrected chi connectivity index (χ4v) is 5.33. The summed E-state index contributed by atoms with van der Waals surface area (Å²) in [6, 6.07) is 9.73. The number of hydrogen-bond donors (Lipinski definition) is 0. The van der Waals surface area contributed by atoms with Crippen molar-refractivity contribution in [3.05, 3.63) is 67.4 Å². The average molecular weight is 535 g/mol. The number of aromatic nitrogens is 3. The number of nitrogens with zero attached hydrogens (tertiary/aromatic N) is 4. The third-order valence-electron chi connectivity index (χ3n) is 5.12. The second-order valence-corrected chi connectivity index (χ2v) is 9.47. The highest BCUT2D eigenvalue weighted by Gasteiger charge is 2.27. The summed E-state index contributed by atoms with van der Waals surface area (Å²) in [7, 11) is 0. The molecular formula is C23H27BrN4O4S. The van der Waals surface area contributed by atoms with Crippen LogP contribution in [0.3, 0.4) is 0 Å². The second-order valence-electron chi connectivity index (χ2n) is 7.44. The summed E-state index contributed by atoms with van der Waals surface area (Å²) < 4.78 is 14.1. The SMILES string of the molecule is CCOc1cc(Br)c([C@@H](C[N+](=O)[O-])Sc2nnc(C)n2-c2ccc(C)c(C)c2)cc1OCC. The smallest absolute Gasteiger partial charge is 0.220 e.